The van der Waals surface area contributed by atoms with E-state index in [4.69, 9.17) is 34.8 Å². The van der Waals surface area contributed by atoms with Crippen molar-refractivity contribution in [3.05, 3.63) is 68.7 Å². The third kappa shape index (κ3) is 3.78. The van der Waals surface area contributed by atoms with Crippen molar-refractivity contribution in [2.24, 2.45) is 5.92 Å². The minimum absolute atomic E-state index is 0.0580. The van der Waals surface area contributed by atoms with Crippen molar-refractivity contribution < 1.29 is 4.79 Å². The first kappa shape index (κ1) is 22.9. The zero-order chi connectivity index (χ0) is 22.3. The molecule has 3 nitrogen and oxygen atoms in total. The van der Waals surface area contributed by atoms with Gasteiger partial charge in [0.05, 0.1) is 0 Å². The number of fused-ring (bicyclic) bond motifs is 1. The SMILES string of the molecule is CCN(CC)[C@@]12CC[C@@H](c3ccc(Cl)cc3Cl)[C@H](c3ccc(Cl)cc3)[C@@H]1[C@@H](C)NC2=O. The van der Waals surface area contributed by atoms with E-state index in [0.29, 0.717) is 15.1 Å². The molecule has 31 heavy (non-hydrogen) atoms. The Bertz CT molecular complexity index is 960. The minimum atomic E-state index is -0.511. The summed E-state index contributed by atoms with van der Waals surface area (Å²) in [4.78, 5) is 15.8. The summed E-state index contributed by atoms with van der Waals surface area (Å²) in [5.41, 5.74) is 1.79. The first-order valence-electron chi connectivity index (χ1n) is 11.1. The number of hydrogen-bond donors (Lipinski definition) is 1. The van der Waals surface area contributed by atoms with Crippen LogP contribution in [0.25, 0.3) is 0 Å². The summed E-state index contributed by atoms with van der Waals surface area (Å²) < 4.78 is 0. The molecule has 2 fully saturated rings. The van der Waals surface area contributed by atoms with Crippen LogP contribution in [0.3, 0.4) is 0 Å². The molecule has 166 valence electrons. The van der Waals surface area contributed by atoms with Crippen LogP contribution in [0.1, 0.15) is 56.6 Å². The van der Waals surface area contributed by atoms with Gasteiger partial charge in [0.2, 0.25) is 5.91 Å². The van der Waals surface area contributed by atoms with E-state index >= 15 is 0 Å². The molecular formula is C25H29Cl3N2O. The van der Waals surface area contributed by atoms with E-state index in [2.05, 4.69) is 49.2 Å². The second kappa shape index (κ2) is 8.94. The highest BCUT2D eigenvalue weighted by Gasteiger charge is 2.62. The first-order chi connectivity index (χ1) is 14.8. The Kier molecular flexibility index (Phi) is 6.61. The van der Waals surface area contributed by atoms with Crippen LogP contribution in [-0.4, -0.2) is 35.5 Å². The first-order valence-corrected chi connectivity index (χ1v) is 12.2. The van der Waals surface area contributed by atoms with Crippen molar-refractivity contribution in [1.29, 1.82) is 0 Å². The Morgan fingerprint density at radius 2 is 1.68 bits per heavy atom. The molecule has 1 saturated heterocycles. The van der Waals surface area contributed by atoms with Crippen molar-refractivity contribution in [1.82, 2.24) is 10.2 Å². The largest absolute Gasteiger partial charge is 0.352 e. The molecule has 1 aliphatic heterocycles. The molecule has 0 bridgehead atoms. The molecule has 5 atom stereocenters. The summed E-state index contributed by atoms with van der Waals surface area (Å²) in [5, 5.41) is 5.33. The third-order valence-corrected chi connectivity index (χ3v) is 8.26. The zero-order valence-electron chi connectivity index (χ0n) is 18.2. The maximum Gasteiger partial charge on any atom is 0.241 e. The van der Waals surface area contributed by atoms with E-state index < -0.39 is 5.54 Å². The van der Waals surface area contributed by atoms with Gasteiger partial charge in [0, 0.05) is 27.0 Å². The molecule has 2 aliphatic rings. The minimum Gasteiger partial charge on any atom is -0.352 e. The number of benzene rings is 2. The number of hydrogen-bond acceptors (Lipinski definition) is 2. The molecule has 0 aromatic heterocycles. The van der Waals surface area contributed by atoms with Gasteiger partial charge in [-0.15, -0.1) is 0 Å². The zero-order valence-corrected chi connectivity index (χ0v) is 20.4. The number of carbonyl (C=O) groups excluding carboxylic acids is 1. The number of carbonyl (C=O) groups is 1. The van der Waals surface area contributed by atoms with E-state index in [1.165, 1.54) is 5.56 Å². The maximum atomic E-state index is 13.5. The van der Waals surface area contributed by atoms with Crippen LogP contribution in [0.4, 0.5) is 0 Å². The lowest BCUT2D eigenvalue weighted by molar-refractivity contribution is -0.134. The summed E-state index contributed by atoms with van der Waals surface area (Å²) in [5.74, 6) is 0.592. The molecule has 4 rings (SSSR count). The number of rotatable bonds is 5. The molecule has 1 saturated carbocycles. The second-order valence-corrected chi connectivity index (χ2v) is 10.1. The van der Waals surface area contributed by atoms with Gasteiger partial charge in [0.25, 0.3) is 0 Å². The molecule has 2 aromatic carbocycles. The molecule has 0 spiro atoms. The van der Waals surface area contributed by atoms with Crippen molar-refractivity contribution >= 4 is 40.7 Å². The Balaban J connectivity index is 1.90. The summed E-state index contributed by atoms with van der Waals surface area (Å²) >= 11 is 19.1. The topological polar surface area (TPSA) is 32.3 Å². The fourth-order valence-corrected chi connectivity index (χ4v) is 6.93. The van der Waals surface area contributed by atoms with Crippen LogP contribution in [0, 0.1) is 5.92 Å². The Morgan fingerprint density at radius 1 is 1.03 bits per heavy atom. The summed E-state index contributed by atoms with van der Waals surface area (Å²) in [6, 6.07) is 14.0. The van der Waals surface area contributed by atoms with Crippen LogP contribution in [0.2, 0.25) is 15.1 Å². The van der Waals surface area contributed by atoms with E-state index in [1.54, 1.807) is 0 Å². The van der Waals surface area contributed by atoms with Crippen molar-refractivity contribution in [3.63, 3.8) is 0 Å². The average molecular weight is 480 g/mol. The summed E-state index contributed by atoms with van der Waals surface area (Å²) in [6.07, 6.45) is 1.69. The van der Waals surface area contributed by atoms with Gasteiger partial charge in [-0.3, -0.25) is 9.69 Å². The van der Waals surface area contributed by atoms with Gasteiger partial charge in [-0.1, -0.05) is 66.8 Å². The normalized spacial score (nSPS) is 30.4. The fraction of sp³-hybridized carbons (Fsp3) is 0.480. The predicted molar refractivity (Wildman–Crippen MR) is 129 cm³/mol. The number of nitrogens with zero attached hydrogens (tertiary/aromatic N) is 1. The standard InChI is InChI=1S/C25H29Cl3N2O/c1-4-30(5-2)25-13-12-20(19-11-10-18(27)14-21(19)28)22(16-6-8-17(26)9-7-16)23(25)15(3)29-24(25)31/h6-11,14-15,20,22-23H,4-5,12-13H2,1-3H3,(H,29,31)/t15-,20+,22+,23+,25+/m1/s1. The molecule has 1 N–H and O–H groups in total. The number of halogens is 3. The lowest BCUT2D eigenvalue weighted by Gasteiger charge is -2.52. The quantitative estimate of drug-likeness (QED) is 0.529. The lowest BCUT2D eigenvalue weighted by Crippen LogP contribution is -2.61. The molecule has 6 heteroatoms. The summed E-state index contributed by atoms with van der Waals surface area (Å²) in [7, 11) is 0. The predicted octanol–water partition coefficient (Wildman–Crippen LogP) is 6.52. The average Bonchev–Trinajstić information content (AvgIpc) is 3.00. The van der Waals surface area contributed by atoms with Gasteiger partial charge in [0.1, 0.15) is 5.54 Å². The van der Waals surface area contributed by atoms with Crippen LogP contribution in [0.15, 0.2) is 42.5 Å². The number of nitrogens with one attached hydrogen (secondary N) is 1. The van der Waals surface area contributed by atoms with Crippen molar-refractivity contribution in [2.45, 2.75) is 57.0 Å². The fourth-order valence-electron chi connectivity index (χ4n) is 6.26. The van der Waals surface area contributed by atoms with E-state index in [9.17, 15) is 4.79 Å². The molecular weight excluding hydrogens is 451 g/mol. The molecule has 1 amide bonds. The number of amides is 1. The summed E-state index contributed by atoms with van der Waals surface area (Å²) in [6.45, 7) is 8.11. The van der Waals surface area contributed by atoms with Crippen LogP contribution >= 0.6 is 34.8 Å². The molecule has 1 aliphatic carbocycles. The Hall–Kier alpha value is -1.26. The van der Waals surface area contributed by atoms with Gasteiger partial charge < -0.3 is 5.32 Å². The maximum absolute atomic E-state index is 13.5. The van der Waals surface area contributed by atoms with Gasteiger partial charge in [-0.05, 0) is 80.1 Å². The van der Waals surface area contributed by atoms with Crippen LogP contribution < -0.4 is 5.32 Å². The molecule has 2 aromatic rings. The van der Waals surface area contributed by atoms with Gasteiger partial charge in [0.15, 0.2) is 0 Å². The highest BCUT2D eigenvalue weighted by Crippen LogP contribution is 2.57. The van der Waals surface area contributed by atoms with Crippen molar-refractivity contribution in [2.75, 3.05) is 13.1 Å². The van der Waals surface area contributed by atoms with Crippen LogP contribution in [-0.2, 0) is 4.79 Å². The van der Waals surface area contributed by atoms with Crippen molar-refractivity contribution in [3.8, 4) is 0 Å². The van der Waals surface area contributed by atoms with Crippen LogP contribution in [0.5, 0.6) is 0 Å². The van der Waals surface area contributed by atoms with Gasteiger partial charge in [-0.2, -0.15) is 0 Å². The second-order valence-electron chi connectivity index (χ2n) is 8.77. The number of likely N-dealkylation sites (N-methyl/N-ethyl adjacent to an activating group) is 1. The highest BCUT2D eigenvalue weighted by atomic mass is 35.5. The molecule has 0 radical (unpaired) electrons. The Labute approximate surface area is 200 Å². The van der Waals surface area contributed by atoms with Gasteiger partial charge >= 0.3 is 0 Å². The molecule has 1 heterocycles. The monoisotopic (exact) mass is 478 g/mol. The third-order valence-electron chi connectivity index (χ3n) is 7.44. The van der Waals surface area contributed by atoms with E-state index in [0.717, 1.165) is 31.5 Å². The van der Waals surface area contributed by atoms with Gasteiger partial charge in [-0.25, -0.2) is 0 Å². The Morgan fingerprint density at radius 3 is 2.29 bits per heavy atom. The lowest BCUT2D eigenvalue weighted by atomic mass is 9.58. The molecule has 0 unspecified atom stereocenters. The smallest absolute Gasteiger partial charge is 0.241 e. The van der Waals surface area contributed by atoms with E-state index in [-0.39, 0.29) is 29.7 Å². The highest BCUT2D eigenvalue weighted by molar-refractivity contribution is 6.35. The van der Waals surface area contributed by atoms with E-state index in [1.807, 2.05) is 24.3 Å².